The third kappa shape index (κ3) is 5.82. The lowest BCUT2D eigenvalue weighted by Crippen LogP contribution is -2.51. The normalized spacial score (nSPS) is 14.2. The summed E-state index contributed by atoms with van der Waals surface area (Å²) in [7, 11) is 0. The van der Waals surface area contributed by atoms with Crippen molar-refractivity contribution in [3.63, 3.8) is 0 Å². The van der Waals surface area contributed by atoms with E-state index in [9.17, 15) is 0 Å². The maximum Gasteiger partial charge on any atom is 0.229 e. The van der Waals surface area contributed by atoms with Crippen molar-refractivity contribution in [1.29, 1.82) is 0 Å². The second kappa shape index (κ2) is 11.0. The van der Waals surface area contributed by atoms with Crippen molar-refractivity contribution in [1.82, 2.24) is 19.2 Å². The van der Waals surface area contributed by atoms with Crippen LogP contribution in [-0.4, -0.2) is 56.5 Å². The van der Waals surface area contributed by atoms with E-state index >= 15 is 0 Å². The van der Waals surface area contributed by atoms with Crippen LogP contribution in [-0.2, 0) is 0 Å². The van der Waals surface area contributed by atoms with Crippen LogP contribution in [0.15, 0.2) is 53.5 Å². The predicted molar refractivity (Wildman–Crippen MR) is 158 cm³/mol. The van der Waals surface area contributed by atoms with Crippen molar-refractivity contribution >= 4 is 74.0 Å². The molecule has 1 aliphatic rings. The fraction of sp³-hybridized carbons (Fsp3) is 0.269. The van der Waals surface area contributed by atoms with Gasteiger partial charge in [-0.1, -0.05) is 35.9 Å². The fourth-order valence-electron chi connectivity index (χ4n) is 4.27. The molecule has 0 atom stereocenters. The van der Waals surface area contributed by atoms with E-state index in [-0.39, 0.29) is 0 Å². The first kappa shape index (κ1) is 25.3. The number of hydrogen-bond donors (Lipinski definition) is 2. The van der Waals surface area contributed by atoms with E-state index in [4.69, 9.17) is 33.2 Å². The highest BCUT2D eigenvalue weighted by atomic mass is 35.5. The lowest BCUT2D eigenvalue weighted by molar-refractivity contribution is 0.384. The molecule has 4 aromatic rings. The molecule has 1 saturated heterocycles. The number of guanidine groups is 1. The molecule has 3 heterocycles. The van der Waals surface area contributed by atoms with Gasteiger partial charge >= 0.3 is 0 Å². The number of thiocarbonyl (C=S) groups is 1. The molecular weight excluding hydrogens is 524 g/mol. The fourth-order valence-corrected chi connectivity index (χ4v) is 5.44. The molecule has 0 unspecified atom stereocenters. The van der Waals surface area contributed by atoms with Crippen LogP contribution in [0.1, 0.15) is 17.0 Å². The van der Waals surface area contributed by atoms with Crippen molar-refractivity contribution in [2.75, 3.05) is 41.7 Å². The molecule has 0 spiro atoms. The zero-order chi connectivity index (χ0) is 25.9. The third-order valence-corrected chi connectivity index (χ3v) is 7.60. The Morgan fingerprint density at radius 3 is 2.46 bits per heavy atom. The van der Waals surface area contributed by atoms with Crippen molar-refractivity contribution in [2.24, 2.45) is 4.99 Å². The topological polar surface area (TPSA) is 81.6 Å². The number of aliphatic imine (C=N–C) groups is 1. The molecule has 37 heavy (non-hydrogen) atoms. The van der Waals surface area contributed by atoms with Gasteiger partial charge in [0.05, 0.1) is 15.4 Å². The van der Waals surface area contributed by atoms with Crippen LogP contribution in [0.5, 0.6) is 0 Å². The molecule has 0 amide bonds. The predicted octanol–water partition coefficient (Wildman–Crippen LogP) is 5.65. The number of fused-ring (bicyclic) bond motifs is 1. The Morgan fingerprint density at radius 1 is 0.973 bits per heavy atom. The van der Waals surface area contributed by atoms with Crippen molar-refractivity contribution in [3.8, 4) is 0 Å². The molecule has 11 heteroatoms. The summed E-state index contributed by atoms with van der Waals surface area (Å²) in [5, 5.41) is 8.59. The van der Waals surface area contributed by atoms with E-state index < -0.39 is 0 Å². The van der Waals surface area contributed by atoms with Gasteiger partial charge in [0, 0.05) is 43.0 Å². The molecule has 190 valence electrons. The Labute approximate surface area is 230 Å². The zero-order valence-corrected chi connectivity index (χ0v) is 23.2. The molecule has 2 N–H and O–H groups in total. The van der Waals surface area contributed by atoms with Crippen LogP contribution in [0.25, 0.3) is 10.1 Å². The minimum atomic E-state index is 0.298. The molecule has 0 aliphatic carbocycles. The number of piperazine rings is 1. The summed E-state index contributed by atoms with van der Waals surface area (Å²) in [6, 6.07) is 16.1. The van der Waals surface area contributed by atoms with Gasteiger partial charge in [-0.05, 0) is 74.4 Å². The first-order valence-corrected chi connectivity index (χ1v) is 13.5. The Kier molecular flexibility index (Phi) is 7.50. The summed E-state index contributed by atoms with van der Waals surface area (Å²) in [4.78, 5) is 18.3. The summed E-state index contributed by atoms with van der Waals surface area (Å²) in [6.45, 7) is 8.90. The van der Waals surface area contributed by atoms with Crippen molar-refractivity contribution < 1.29 is 0 Å². The van der Waals surface area contributed by atoms with E-state index in [1.165, 1.54) is 21.6 Å². The summed E-state index contributed by atoms with van der Waals surface area (Å²) in [6.07, 6.45) is 0. The lowest BCUT2D eigenvalue weighted by Gasteiger charge is -2.36. The molecule has 0 radical (unpaired) electrons. The highest BCUT2D eigenvalue weighted by molar-refractivity contribution is 7.80. The van der Waals surface area contributed by atoms with Gasteiger partial charge in [0.2, 0.25) is 17.0 Å². The monoisotopic (exact) mass is 550 g/mol. The Bertz CT molecular complexity index is 1460. The molecule has 1 fully saturated rings. The second-order valence-electron chi connectivity index (χ2n) is 8.88. The minimum absolute atomic E-state index is 0.298. The van der Waals surface area contributed by atoms with Gasteiger partial charge in [-0.25, -0.2) is 9.97 Å². The minimum Gasteiger partial charge on any atom is -0.352 e. The maximum absolute atomic E-state index is 6.47. The van der Waals surface area contributed by atoms with E-state index in [0.29, 0.717) is 22.0 Å². The van der Waals surface area contributed by atoms with Crippen molar-refractivity contribution in [3.05, 3.63) is 70.5 Å². The number of aromatic nitrogens is 3. The number of rotatable bonds is 3. The first-order valence-electron chi connectivity index (χ1n) is 12.0. The van der Waals surface area contributed by atoms with Gasteiger partial charge in [-0.2, -0.15) is 9.37 Å². The number of anilines is 3. The van der Waals surface area contributed by atoms with Crippen LogP contribution in [0, 0.1) is 20.8 Å². The molecule has 5 rings (SSSR count). The van der Waals surface area contributed by atoms with E-state index in [2.05, 4.69) is 48.6 Å². The zero-order valence-electron chi connectivity index (χ0n) is 20.8. The Morgan fingerprint density at radius 2 is 1.70 bits per heavy atom. The second-order valence-corrected chi connectivity index (χ2v) is 10.4. The smallest absolute Gasteiger partial charge is 0.229 e. The quantitative estimate of drug-likeness (QED) is 0.192. The van der Waals surface area contributed by atoms with Crippen LogP contribution < -0.4 is 15.5 Å². The molecule has 2 aromatic heterocycles. The average Bonchev–Trinajstić information content (AvgIpc) is 3.30. The standard InChI is InChI=1S/C26H27ClN8S2/c1-16-7-6-9-20(22(16)27)30-26(36)32-25(31-24-28-17(2)15-18(3)29-24)35-13-11-34(12-14-35)23-19-8-4-5-10-21(19)37-33-23/h4-10,15H,11-14H2,1-3H3,(H2,28,29,30,31,32,36). The molecule has 2 aromatic carbocycles. The Hall–Kier alpha value is -3.34. The number of halogens is 1. The van der Waals surface area contributed by atoms with Gasteiger partial charge in [-0.15, -0.1) is 0 Å². The van der Waals surface area contributed by atoms with Crippen LogP contribution in [0.2, 0.25) is 5.02 Å². The largest absolute Gasteiger partial charge is 0.352 e. The summed E-state index contributed by atoms with van der Waals surface area (Å²) < 4.78 is 5.92. The third-order valence-electron chi connectivity index (χ3n) is 6.08. The van der Waals surface area contributed by atoms with Gasteiger partial charge < -0.3 is 15.1 Å². The molecular formula is C26H27ClN8S2. The highest BCUT2D eigenvalue weighted by Crippen LogP contribution is 2.30. The van der Waals surface area contributed by atoms with Gasteiger partial charge in [-0.3, -0.25) is 5.32 Å². The summed E-state index contributed by atoms with van der Waals surface area (Å²) in [5.74, 6) is 2.12. The first-order chi connectivity index (χ1) is 17.9. The van der Waals surface area contributed by atoms with Crippen LogP contribution in [0.3, 0.4) is 0 Å². The number of hydrogen-bond acceptors (Lipinski definition) is 6. The number of nitrogens with one attached hydrogen (secondary N) is 2. The van der Waals surface area contributed by atoms with Gasteiger partial charge in [0.15, 0.2) is 0 Å². The van der Waals surface area contributed by atoms with Crippen LogP contribution >= 0.6 is 35.4 Å². The van der Waals surface area contributed by atoms with Gasteiger partial charge in [0.25, 0.3) is 0 Å². The summed E-state index contributed by atoms with van der Waals surface area (Å²) in [5.41, 5.74) is 3.44. The van der Waals surface area contributed by atoms with E-state index in [1.807, 2.05) is 51.1 Å². The van der Waals surface area contributed by atoms with E-state index in [0.717, 1.165) is 54.6 Å². The van der Waals surface area contributed by atoms with Gasteiger partial charge in [0.1, 0.15) is 5.82 Å². The number of nitrogens with zero attached hydrogens (tertiary/aromatic N) is 6. The molecule has 1 aliphatic heterocycles. The summed E-state index contributed by atoms with van der Waals surface area (Å²) >= 11 is 13.6. The van der Waals surface area contributed by atoms with Crippen molar-refractivity contribution in [2.45, 2.75) is 20.8 Å². The molecule has 0 bridgehead atoms. The lowest BCUT2D eigenvalue weighted by atomic mass is 10.2. The molecule has 8 nitrogen and oxygen atoms in total. The van der Waals surface area contributed by atoms with E-state index in [1.54, 1.807) is 0 Å². The SMILES string of the molecule is Cc1cc(C)nc(N/C(=N/C(=S)Nc2cccc(C)c2Cl)N2CCN(c3nsc4ccccc34)CC2)n1. The average molecular weight is 551 g/mol. The van der Waals surface area contributed by atoms with Crippen LogP contribution in [0.4, 0.5) is 17.5 Å². The number of benzene rings is 2. The number of aryl methyl sites for hydroxylation is 3. The highest BCUT2D eigenvalue weighted by Gasteiger charge is 2.24. The Balaban J connectivity index is 1.37. The maximum atomic E-state index is 6.47. The molecule has 0 saturated carbocycles.